The van der Waals surface area contributed by atoms with Crippen molar-refractivity contribution in [3.63, 3.8) is 0 Å². The summed E-state index contributed by atoms with van der Waals surface area (Å²) < 4.78 is 23.7. The van der Waals surface area contributed by atoms with Gasteiger partial charge in [-0.1, -0.05) is 25.7 Å². The third-order valence-corrected chi connectivity index (χ3v) is 3.04. The van der Waals surface area contributed by atoms with E-state index in [0.29, 0.717) is 5.92 Å². The normalized spacial score (nSPS) is 20.7. The van der Waals surface area contributed by atoms with Crippen molar-refractivity contribution in [2.75, 3.05) is 0 Å². The number of rotatable bonds is 3. The van der Waals surface area contributed by atoms with Crippen LogP contribution in [0.3, 0.4) is 0 Å². The van der Waals surface area contributed by atoms with E-state index in [4.69, 9.17) is 0 Å². The van der Waals surface area contributed by atoms with E-state index < -0.39 is 9.46 Å². The third kappa shape index (κ3) is 2.77. The van der Waals surface area contributed by atoms with Crippen molar-refractivity contribution < 1.29 is 8.22 Å². The van der Waals surface area contributed by atoms with E-state index in [1.165, 1.54) is 25.7 Å². The maximum Gasteiger partial charge on any atom is 0.411 e. The smallest absolute Gasteiger partial charge is 0.275 e. The molecule has 0 aromatic carbocycles. The van der Waals surface area contributed by atoms with Gasteiger partial charge < -0.3 is 0 Å². The average molecular weight is 164 g/mol. The van der Waals surface area contributed by atoms with Gasteiger partial charge in [0.1, 0.15) is 0 Å². The highest BCUT2D eigenvalue weighted by molar-refractivity contribution is 6.42. The standard InChI is InChI=1S/C7H14F2Si/c8-10(9)6-5-7-3-1-2-4-7/h7,10H,1-6H2. The van der Waals surface area contributed by atoms with E-state index in [2.05, 4.69) is 0 Å². The Morgan fingerprint density at radius 1 is 1.20 bits per heavy atom. The fourth-order valence-corrected chi connectivity index (χ4v) is 2.38. The molecule has 0 amide bonds. The Morgan fingerprint density at radius 3 is 2.30 bits per heavy atom. The van der Waals surface area contributed by atoms with Crippen molar-refractivity contribution in [3.05, 3.63) is 0 Å². The van der Waals surface area contributed by atoms with Gasteiger partial charge in [0.15, 0.2) is 0 Å². The summed E-state index contributed by atoms with van der Waals surface area (Å²) in [5.41, 5.74) is 0. The van der Waals surface area contributed by atoms with Gasteiger partial charge in [0.25, 0.3) is 0 Å². The van der Waals surface area contributed by atoms with E-state index in [-0.39, 0.29) is 6.04 Å². The van der Waals surface area contributed by atoms with Crippen LogP contribution in [0.2, 0.25) is 6.04 Å². The highest BCUT2D eigenvalue weighted by Gasteiger charge is 2.17. The van der Waals surface area contributed by atoms with Gasteiger partial charge in [0, 0.05) is 0 Å². The molecule has 1 aliphatic rings. The van der Waals surface area contributed by atoms with Crippen molar-refractivity contribution in [1.82, 2.24) is 0 Å². The molecule has 10 heavy (non-hydrogen) atoms. The lowest BCUT2D eigenvalue weighted by Gasteiger charge is -2.05. The molecule has 0 bridgehead atoms. The van der Waals surface area contributed by atoms with E-state index >= 15 is 0 Å². The quantitative estimate of drug-likeness (QED) is 0.444. The van der Waals surface area contributed by atoms with Crippen molar-refractivity contribution in [3.8, 4) is 0 Å². The summed E-state index contributed by atoms with van der Waals surface area (Å²) in [6.07, 6.45) is 5.77. The lowest BCUT2D eigenvalue weighted by Crippen LogP contribution is -2.00. The molecule has 60 valence electrons. The van der Waals surface area contributed by atoms with Gasteiger partial charge in [0.05, 0.1) is 0 Å². The molecule has 0 aliphatic heterocycles. The zero-order chi connectivity index (χ0) is 7.40. The Kier molecular flexibility index (Phi) is 3.32. The topological polar surface area (TPSA) is 0 Å². The molecule has 0 saturated heterocycles. The number of halogens is 2. The van der Waals surface area contributed by atoms with Crippen molar-refractivity contribution in [2.45, 2.75) is 38.1 Å². The molecule has 1 saturated carbocycles. The first-order chi connectivity index (χ1) is 4.79. The molecule has 1 rings (SSSR count). The van der Waals surface area contributed by atoms with E-state index in [9.17, 15) is 8.22 Å². The van der Waals surface area contributed by atoms with Crippen molar-refractivity contribution in [1.29, 1.82) is 0 Å². The molecule has 0 radical (unpaired) electrons. The van der Waals surface area contributed by atoms with Crippen LogP contribution < -0.4 is 0 Å². The highest BCUT2D eigenvalue weighted by Crippen LogP contribution is 2.29. The molecular formula is C7H14F2Si. The van der Waals surface area contributed by atoms with E-state index in [1.807, 2.05) is 0 Å². The first kappa shape index (κ1) is 8.18. The van der Waals surface area contributed by atoms with Crippen LogP contribution in [0.25, 0.3) is 0 Å². The Hall–Kier alpha value is 0.0769. The first-order valence-electron chi connectivity index (χ1n) is 4.07. The van der Waals surface area contributed by atoms with E-state index in [1.54, 1.807) is 0 Å². The summed E-state index contributed by atoms with van der Waals surface area (Å²) in [5.74, 6) is 0.654. The molecular weight excluding hydrogens is 150 g/mol. The average Bonchev–Trinajstić information content (AvgIpc) is 2.34. The second-order valence-electron chi connectivity index (χ2n) is 3.12. The summed E-state index contributed by atoms with van der Waals surface area (Å²) in [4.78, 5) is 0. The lowest BCUT2D eigenvalue weighted by molar-refractivity contribution is 0.510. The summed E-state index contributed by atoms with van der Waals surface area (Å²) >= 11 is 0. The van der Waals surface area contributed by atoms with Crippen LogP contribution in [0.15, 0.2) is 0 Å². The zero-order valence-corrected chi connectivity index (χ0v) is 7.31. The summed E-state index contributed by atoms with van der Waals surface area (Å²) in [5, 5.41) is 0. The molecule has 3 heteroatoms. The number of hydrogen-bond acceptors (Lipinski definition) is 0. The zero-order valence-electron chi connectivity index (χ0n) is 6.15. The van der Waals surface area contributed by atoms with Gasteiger partial charge in [-0.3, -0.25) is 8.22 Å². The molecule has 1 fully saturated rings. The Morgan fingerprint density at radius 2 is 1.80 bits per heavy atom. The second-order valence-corrected chi connectivity index (χ2v) is 4.48. The fraction of sp³-hybridized carbons (Fsp3) is 1.00. The monoisotopic (exact) mass is 164 g/mol. The molecule has 0 atom stereocenters. The SMILES string of the molecule is F[SiH](F)CCC1CCCC1. The summed E-state index contributed by atoms with van der Waals surface area (Å²) in [6.45, 7) is 0. The van der Waals surface area contributed by atoms with Gasteiger partial charge in [0.2, 0.25) is 0 Å². The van der Waals surface area contributed by atoms with Crippen LogP contribution in [0.1, 0.15) is 32.1 Å². The molecule has 0 N–H and O–H groups in total. The fourth-order valence-electron chi connectivity index (χ4n) is 1.66. The molecule has 0 aromatic heterocycles. The van der Waals surface area contributed by atoms with Crippen LogP contribution >= 0.6 is 0 Å². The number of hydrogen-bond donors (Lipinski definition) is 0. The van der Waals surface area contributed by atoms with Gasteiger partial charge in [-0.15, -0.1) is 0 Å². The molecule has 0 nitrogen and oxygen atoms in total. The predicted molar refractivity (Wildman–Crippen MR) is 40.7 cm³/mol. The van der Waals surface area contributed by atoms with Gasteiger partial charge in [-0.05, 0) is 18.4 Å². The molecule has 0 unspecified atom stereocenters. The largest absolute Gasteiger partial charge is 0.411 e. The maximum absolute atomic E-state index is 11.8. The molecule has 1 aliphatic carbocycles. The summed E-state index contributed by atoms with van der Waals surface area (Å²) in [6, 6.07) is 0.255. The van der Waals surface area contributed by atoms with E-state index in [0.717, 1.165) is 6.42 Å². The Bertz CT molecular complexity index is 89.6. The van der Waals surface area contributed by atoms with Gasteiger partial charge in [-0.2, -0.15) is 0 Å². The van der Waals surface area contributed by atoms with Gasteiger partial charge in [-0.25, -0.2) is 0 Å². The first-order valence-corrected chi connectivity index (χ1v) is 5.76. The van der Waals surface area contributed by atoms with Crippen molar-refractivity contribution in [2.24, 2.45) is 5.92 Å². The lowest BCUT2D eigenvalue weighted by atomic mass is 10.1. The van der Waals surface area contributed by atoms with Crippen LogP contribution in [0.5, 0.6) is 0 Å². The maximum atomic E-state index is 11.8. The third-order valence-electron chi connectivity index (χ3n) is 2.27. The molecule has 0 heterocycles. The second kappa shape index (κ2) is 4.06. The summed E-state index contributed by atoms with van der Waals surface area (Å²) in [7, 11) is -3.23. The van der Waals surface area contributed by atoms with Gasteiger partial charge >= 0.3 is 9.46 Å². The minimum absolute atomic E-state index is 0.255. The predicted octanol–water partition coefficient (Wildman–Crippen LogP) is 2.73. The van der Waals surface area contributed by atoms with Crippen molar-refractivity contribution >= 4 is 9.46 Å². The molecule has 0 aromatic rings. The van der Waals surface area contributed by atoms with Crippen LogP contribution in [-0.4, -0.2) is 9.46 Å². The Balaban J connectivity index is 2.01. The minimum Gasteiger partial charge on any atom is -0.275 e. The molecule has 0 spiro atoms. The highest BCUT2D eigenvalue weighted by atomic mass is 28.4. The Labute approximate surface area is 62.6 Å². The van der Waals surface area contributed by atoms with Crippen LogP contribution in [0, 0.1) is 5.92 Å². The van der Waals surface area contributed by atoms with Crippen LogP contribution in [-0.2, 0) is 0 Å². The van der Waals surface area contributed by atoms with Crippen LogP contribution in [0.4, 0.5) is 8.22 Å². The minimum atomic E-state index is -3.23.